The van der Waals surface area contributed by atoms with E-state index in [2.05, 4.69) is 11.8 Å². The minimum absolute atomic E-state index is 0. The normalized spacial score (nSPS) is 23.8. The summed E-state index contributed by atoms with van der Waals surface area (Å²) in [5.74, 6) is 2.24. The summed E-state index contributed by atoms with van der Waals surface area (Å²) in [5, 5.41) is 0. The molecule has 0 spiro atoms. The molecule has 0 aromatic carbocycles. The van der Waals surface area contributed by atoms with Crippen LogP contribution in [-0.4, -0.2) is 58.0 Å². The average molecular weight is 423 g/mol. The van der Waals surface area contributed by atoms with Gasteiger partial charge in [-0.3, -0.25) is 19.1 Å². The van der Waals surface area contributed by atoms with Crippen molar-refractivity contribution in [2.45, 2.75) is 70.8 Å². The Balaban J connectivity index is 0.00000240. The van der Waals surface area contributed by atoms with E-state index in [0.29, 0.717) is 6.54 Å². The summed E-state index contributed by atoms with van der Waals surface area (Å²) in [6, 6.07) is 1.76. The molecule has 0 saturated carbocycles. The average Bonchev–Trinajstić information content (AvgIpc) is 2.94. The number of fused-ring (bicyclic) bond motifs is 1. The molecule has 0 aliphatic carbocycles. The van der Waals surface area contributed by atoms with Crippen molar-refractivity contribution in [1.82, 2.24) is 19.4 Å². The van der Waals surface area contributed by atoms with E-state index in [1.54, 1.807) is 6.07 Å². The molecule has 3 aliphatic rings. The Bertz CT molecular complexity index is 758. The molecule has 1 aromatic rings. The predicted molar refractivity (Wildman–Crippen MR) is 117 cm³/mol. The molecule has 1 aromatic heterocycles. The molecule has 0 radical (unpaired) electrons. The molecule has 29 heavy (non-hydrogen) atoms. The highest BCUT2D eigenvalue weighted by atomic mass is 35.5. The highest BCUT2D eigenvalue weighted by molar-refractivity contribution is 5.85. The Labute approximate surface area is 180 Å². The minimum Gasteiger partial charge on any atom is -0.342 e. The molecular formula is C22H35ClN4O2. The fourth-order valence-electron chi connectivity index (χ4n) is 4.93. The zero-order valence-corrected chi connectivity index (χ0v) is 18.5. The summed E-state index contributed by atoms with van der Waals surface area (Å²) >= 11 is 0. The molecule has 162 valence electrons. The summed E-state index contributed by atoms with van der Waals surface area (Å²) in [6.45, 7) is 7.20. The molecule has 4 rings (SSSR count). The third-order valence-corrected chi connectivity index (χ3v) is 6.81. The number of aromatic nitrogens is 2. The third-order valence-electron chi connectivity index (χ3n) is 6.81. The first-order valence-electron chi connectivity index (χ1n) is 11.2. The summed E-state index contributed by atoms with van der Waals surface area (Å²) in [5.41, 5.74) is 1.06. The van der Waals surface area contributed by atoms with E-state index in [4.69, 9.17) is 4.98 Å². The first-order chi connectivity index (χ1) is 13.6. The maximum Gasteiger partial charge on any atom is 0.253 e. The van der Waals surface area contributed by atoms with Gasteiger partial charge in [0.05, 0.1) is 12.2 Å². The lowest BCUT2D eigenvalue weighted by atomic mass is 9.94. The first kappa shape index (κ1) is 22.3. The third kappa shape index (κ3) is 5.40. The van der Waals surface area contributed by atoms with Gasteiger partial charge in [-0.15, -0.1) is 12.4 Å². The van der Waals surface area contributed by atoms with Crippen LogP contribution in [0, 0.1) is 5.92 Å². The Kier molecular flexibility index (Phi) is 7.74. The molecule has 7 heteroatoms. The number of amides is 1. The quantitative estimate of drug-likeness (QED) is 0.751. The van der Waals surface area contributed by atoms with Gasteiger partial charge in [-0.05, 0) is 51.0 Å². The predicted octanol–water partition coefficient (Wildman–Crippen LogP) is 2.83. The van der Waals surface area contributed by atoms with Crippen molar-refractivity contribution in [3.63, 3.8) is 0 Å². The van der Waals surface area contributed by atoms with E-state index in [1.807, 2.05) is 9.47 Å². The maximum atomic E-state index is 12.7. The number of carbonyl (C=O) groups is 1. The van der Waals surface area contributed by atoms with E-state index < -0.39 is 0 Å². The second kappa shape index (κ2) is 10.1. The number of nitrogens with zero attached hydrogens (tertiary/aromatic N) is 4. The van der Waals surface area contributed by atoms with Crippen LogP contribution in [0.15, 0.2) is 10.9 Å². The standard InChI is InChI=1S/C22H34N4O2.ClH/c1-17-8-12-25(13-9-17)22(28)16-24-10-5-6-18(15-24)19-14-21(27)26-11-4-2-3-7-20(26)23-19;/h14,17-18H,2-13,15-16H2,1H3;1H. The van der Waals surface area contributed by atoms with E-state index in [0.717, 1.165) is 95.1 Å². The summed E-state index contributed by atoms with van der Waals surface area (Å²) in [4.78, 5) is 34.6. The molecular weight excluding hydrogens is 388 g/mol. The second-order valence-corrected chi connectivity index (χ2v) is 9.04. The van der Waals surface area contributed by atoms with Crippen LogP contribution in [0.3, 0.4) is 0 Å². The summed E-state index contributed by atoms with van der Waals surface area (Å²) < 4.78 is 1.87. The fraction of sp³-hybridized carbons (Fsp3) is 0.773. The highest BCUT2D eigenvalue weighted by Crippen LogP contribution is 2.26. The molecule has 1 atom stereocenters. The van der Waals surface area contributed by atoms with Gasteiger partial charge in [-0.1, -0.05) is 13.3 Å². The molecule has 6 nitrogen and oxygen atoms in total. The van der Waals surface area contributed by atoms with Crippen molar-refractivity contribution in [2.24, 2.45) is 5.92 Å². The number of rotatable bonds is 3. The lowest BCUT2D eigenvalue weighted by Crippen LogP contribution is -2.46. The minimum atomic E-state index is 0. The van der Waals surface area contributed by atoms with Crippen molar-refractivity contribution in [2.75, 3.05) is 32.7 Å². The van der Waals surface area contributed by atoms with Crippen LogP contribution >= 0.6 is 12.4 Å². The number of hydrogen-bond acceptors (Lipinski definition) is 4. The van der Waals surface area contributed by atoms with Crippen LogP contribution in [0.1, 0.15) is 69.3 Å². The van der Waals surface area contributed by atoms with Crippen LogP contribution in [0.4, 0.5) is 0 Å². The Hall–Kier alpha value is -1.40. The smallest absolute Gasteiger partial charge is 0.253 e. The van der Waals surface area contributed by atoms with Gasteiger partial charge >= 0.3 is 0 Å². The van der Waals surface area contributed by atoms with Gasteiger partial charge in [0.15, 0.2) is 0 Å². The van der Waals surface area contributed by atoms with Crippen LogP contribution in [-0.2, 0) is 17.8 Å². The van der Waals surface area contributed by atoms with E-state index in [9.17, 15) is 9.59 Å². The monoisotopic (exact) mass is 422 g/mol. The molecule has 0 bridgehead atoms. The Morgan fingerprint density at radius 2 is 1.86 bits per heavy atom. The molecule has 1 amide bonds. The molecule has 0 N–H and O–H groups in total. The molecule has 1 unspecified atom stereocenters. The summed E-state index contributed by atoms with van der Waals surface area (Å²) in [7, 11) is 0. The second-order valence-electron chi connectivity index (χ2n) is 9.04. The van der Waals surface area contributed by atoms with Gasteiger partial charge in [-0.2, -0.15) is 0 Å². The van der Waals surface area contributed by atoms with Crippen molar-refractivity contribution in [1.29, 1.82) is 0 Å². The number of likely N-dealkylation sites (tertiary alicyclic amines) is 2. The van der Waals surface area contributed by atoms with Gasteiger partial charge in [0.1, 0.15) is 5.82 Å². The Morgan fingerprint density at radius 3 is 2.66 bits per heavy atom. The lowest BCUT2D eigenvalue weighted by molar-refractivity contribution is -0.134. The number of carbonyl (C=O) groups excluding carboxylic acids is 1. The van der Waals surface area contributed by atoms with Gasteiger partial charge in [-0.25, -0.2) is 4.98 Å². The van der Waals surface area contributed by atoms with Gasteiger partial charge in [0.25, 0.3) is 5.56 Å². The number of aryl methyl sites for hydroxylation is 1. The summed E-state index contributed by atoms with van der Waals surface area (Å²) in [6.07, 6.45) is 8.64. The number of hydrogen-bond donors (Lipinski definition) is 0. The number of piperidine rings is 2. The van der Waals surface area contributed by atoms with E-state index in [-0.39, 0.29) is 29.8 Å². The van der Waals surface area contributed by atoms with Gasteiger partial charge < -0.3 is 4.90 Å². The van der Waals surface area contributed by atoms with Gasteiger partial charge in [0.2, 0.25) is 5.91 Å². The zero-order chi connectivity index (χ0) is 19.5. The van der Waals surface area contributed by atoms with Crippen LogP contribution in [0.25, 0.3) is 0 Å². The fourth-order valence-corrected chi connectivity index (χ4v) is 4.93. The topological polar surface area (TPSA) is 58.4 Å². The van der Waals surface area contributed by atoms with Crippen molar-refractivity contribution in [3.8, 4) is 0 Å². The van der Waals surface area contributed by atoms with Crippen molar-refractivity contribution < 1.29 is 4.79 Å². The zero-order valence-electron chi connectivity index (χ0n) is 17.6. The largest absolute Gasteiger partial charge is 0.342 e. The van der Waals surface area contributed by atoms with Crippen LogP contribution in [0.2, 0.25) is 0 Å². The van der Waals surface area contributed by atoms with Crippen molar-refractivity contribution >= 4 is 18.3 Å². The molecule has 4 heterocycles. The molecule has 2 saturated heterocycles. The van der Waals surface area contributed by atoms with Crippen LogP contribution < -0.4 is 5.56 Å². The van der Waals surface area contributed by atoms with Crippen molar-refractivity contribution in [3.05, 3.63) is 27.9 Å². The first-order valence-corrected chi connectivity index (χ1v) is 11.2. The van der Waals surface area contributed by atoms with Crippen LogP contribution in [0.5, 0.6) is 0 Å². The lowest BCUT2D eigenvalue weighted by Gasteiger charge is -2.35. The Morgan fingerprint density at radius 1 is 1.07 bits per heavy atom. The molecule has 3 aliphatic heterocycles. The highest BCUT2D eigenvalue weighted by Gasteiger charge is 2.27. The molecule has 2 fully saturated rings. The van der Waals surface area contributed by atoms with E-state index in [1.165, 1.54) is 6.42 Å². The van der Waals surface area contributed by atoms with Gasteiger partial charge in [0, 0.05) is 44.6 Å². The SMILES string of the molecule is CC1CCN(C(=O)CN2CCCC(c3cc(=O)n4c(n3)CCCCC4)C2)CC1.Cl. The van der Waals surface area contributed by atoms with E-state index >= 15 is 0 Å². The maximum absolute atomic E-state index is 12.7. The number of halogens is 1.